The van der Waals surface area contributed by atoms with E-state index >= 15 is 0 Å². The van der Waals surface area contributed by atoms with Crippen LogP contribution in [0.3, 0.4) is 0 Å². The first kappa shape index (κ1) is 22.2. The van der Waals surface area contributed by atoms with Crippen LogP contribution in [0.4, 0.5) is 5.69 Å². The van der Waals surface area contributed by atoms with Crippen molar-refractivity contribution in [2.45, 2.75) is 25.7 Å². The number of hydrogen-bond donors (Lipinski definition) is 2. The number of likely N-dealkylation sites (tertiary alicyclic amines) is 1. The second-order valence-corrected chi connectivity index (χ2v) is 8.17. The summed E-state index contributed by atoms with van der Waals surface area (Å²) in [4.78, 5) is 42.8. The fraction of sp³-hybridized carbons (Fsp3) is 0.231. The van der Waals surface area contributed by atoms with Gasteiger partial charge in [-0.3, -0.25) is 19.4 Å². The monoisotopic (exact) mass is 442 g/mol. The first-order chi connectivity index (χ1) is 15.9. The van der Waals surface area contributed by atoms with E-state index in [2.05, 4.69) is 5.32 Å². The van der Waals surface area contributed by atoms with E-state index in [4.69, 9.17) is 10.7 Å². The molecular weight excluding hydrogens is 416 g/mol. The molecule has 33 heavy (non-hydrogen) atoms. The molecule has 4 rings (SSSR count). The van der Waals surface area contributed by atoms with E-state index in [-0.39, 0.29) is 17.7 Å². The molecule has 1 aliphatic heterocycles. The van der Waals surface area contributed by atoms with Gasteiger partial charge in [0.05, 0.1) is 11.3 Å². The van der Waals surface area contributed by atoms with Crippen molar-refractivity contribution < 1.29 is 14.4 Å². The summed E-state index contributed by atoms with van der Waals surface area (Å²) in [6, 6.07) is 19.8. The number of carbonyl (C=O) groups excluding carboxylic acids is 3. The molecule has 3 N–H and O–H groups in total. The van der Waals surface area contributed by atoms with E-state index in [0.717, 1.165) is 18.5 Å². The number of benzene rings is 2. The Kier molecular flexibility index (Phi) is 6.49. The lowest BCUT2D eigenvalue weighted by atomic mass is 9.91. The third-order valence-corrected chi connectivity index (χ3v) is 5.99. The lowest BCUT2D eigenvalue weighted by Gasteiger charge is -2.31. The number of nitrogens with one attached hydrogen (secondary N) is 1. The van der Waals surface area contributed by atoms with Gasteiger partial charge in [0.1, 0.15) is 0 Å². The molecule has 0 spiro atoms. The van der Waals surface area contributed by atoms with Crippen molar-refractivity contribution >= 4 is 23.4 Å². The number of para-hydroxylation sites is 1. The van der Waals surface area contributed by atoms with Crippen molar-refractivity contribution in [1.82, 2.24) is 9.88 Å². The Hall–Kier alpha value is -4.00. The molecule has 1 aromatic heterocycles. The second-order valence-electron chi connectivity index (χ2n) is 8.17. The largest absolute Gasteiger partial charge is 0.366 e. The van der Waals surface area contributed by atoms with Crippen molar-refractivity contribution in [1.29, 1.82) is 0 Å². The molecule has 0 radical (unpaired) electrons. The zero-order valence-electron chi connectivity index (χ0n) is 18.5. The van der Waals surface area contributed by atoms with Crippen molar-refractivity contribution in [2.24, 2.45) is 5.73 Å². The van der Waals surface area contributed by atoms with Crippen LogP contribution in [0.25, 0.3) is 11.3 Å². The first-order valence-electron chi connectivity index (χ1n) is 11.0. The lowest BCUT2D eigenvalue weighted by molar-refractivity contribution is -0.129. The molecule has 3 amide bonds. The Morgan fingerprint density at radius 1 is 0.939 bits per heavy atom. The van der Waals surface area contributed by atoms with E-state index in [9.17, 15) is 14.4 Å². The molecule has 1 saturated heterocycles. The summed E-state index contributed by atoms with van der Waals surface area (Å²) in [7, 11) is 0. The van der Waals surface area contributed by atoms with Crippen LogP contribution in [0.2, 0.25) is 0 Å². The van der Waals surface area contributed by atoms with Gasteiger partial charge in [-0.25, -0.2) is 0 Å². The molecule has 7 heteroatoms. The van der Waals surface area contributed by atoms with Gasteiger partial charge >= 0.3 is 0 Å². The van der Waals surface area contributed by atoms with Gasteiger partial charge < -0.3 is 16.0 Å². The fourth-order valence-corrected chi connectivity index (χ4v) is 4.11. The number of anilines is 1. The number of carbonyl (C=O) groups is 3. The lowest BCUT2D eigenvalue weighted by Crippen LogP contribution is -2.36. The Morgan fingerprint density at radius 3 is 2.21 bits per heavy atom. The molecule has 0 saturated carbocycles. The van der Waals surface area contributed by atoms with Crippen LogP contribution in [-0.4, -0.2) is 40.7 Å². The van der Waals surface area contributed by atoms with Crippen molar-refractivity contribution in [3.63, 3.8) is 0 Å². The quantitative estimate of drug-likeness (QED) is 0.626. The van der Waals surface area contributed by atoms with Crippen LogP contribution in [0.5, 0.6) is 0 Å². The number of nitrogens with two attached hydrogens (primary N) is 1. The molecule has 1 fully saturated rings. The summed E-state index contributed by atoms with van der Waals surface area (Å²) >= 11 is 0. The first-order valence-corrected chi connectivity index (χ1v) is 11.0. The Balaban J connectivity index is 1.57. The van der Waals surface area contributed by atoms with Gasteiger partial charge in [0.15, 0.2) is 0 Å². The van der Waals surface area contributed by atoms with Gasteiger partial charge in [0.2, 0.25) is 5.91 Å². The molecule has 2 heterocycles. The highest BCUT2D eigenvalue weighted by Crippen LogP contribution is 2.30. The van der Waals surface area contributed by atoms with Gasteiger partial charge in [0, 0.05) is 48.4 Å². The normalized spacial score (nSPS) is 14.0. The minimum absolute atomic E-state index is 0.0857. The predicted octanol–water partition coefficient (Wildman–Crippen LogP) is 3.83. The molecule has 0 aliphatic carbocycles. The topological polar surface area (TPSA) is 105 Å². The molecule has 3 aromatic rings. The van der Waals surface area contributed by atoms with Crippen molar-refractivity contribution in [3.8, 4) is 11.3 Å². The molecule has 7 nitrogen and oxygen atoms in total. The fourth-order valence-electron chi connectivity index (χ4n) is 4.11. The Morgan fingerprint density at radius 2 is 1.61 bits per heavy atom. The number of piperidine rings is 1. The van der Waals surface area contributed by atoms with Gasteiger partial charge in [-0.2, -0.15) is 0 Å². The van der Waals surface area contributed by atoms with E-state index < -0.39 is 5.91 Å². The summed E-state index contributed by atoms with van der Waals surface area (Å²) < 4.78 is 0. The maximum Gasteiger partial charge on any atom is 0.255 e. The summed E-state index contributed by atoms with van der Waals surface area (Å²) in [5, 5.41) is 2.85. The summed E-state index contributed by atoms with van der Waals surface area (Å²) in [5.41, 5.74) is 9.25. The zero-order chi connectivity index (χ0) is 23.4. The van der Waals surface area contributed by atoms with Crippen LogP contribution in [0.15, 0.2) is 66.7 Å². The minimum Gasteiger partial charge on any atom is -0.366 e. The maximum atomic E-state index is 12.5. The minimum atomic E-state index is -0.554. The number of rotatable bonds is 5. The van der Waals surface area contributed by atoms with Gasteiger partial charge in [-0.05, 0) is 49.2 Å². The Labute approximate surface area is 192 Å². The smallest absolute Gasteiger partial charge is 0.255 e. The summed E-state index contributed by atoms with van der Waals surface area (Å²) in [6.45, 7) is 2.97. The van der Waals surface area contributed by atoms with Crippen molar-refractivity contribution in [3.05, 3.63) is 83.6 Å². The zero-order valence-corrected chi connectivity index (χ0v) is 18.5. The third-order valence-electron chi connectivity index (χ3n) is 5.99. The van der Waals surface area contributed by atoms with Gasteiger partial charge in [0.25, 0.3) is 11.8 Å². The number of aromatic nitrogens is 1. The maximum absolute atomic E-state index is 12.5. The number of pyridine rings is 1. The van der Waals surface area contributed by atoms with Crippen LogP contribution >= 0.6 is 0 Å². The number of hydrogen-bond acceptors (Lipinski definition) is 4. The van der Waals surface area contributed by atoms with Gasteiger partial charge in [-0.1, -0.05) is 30.3 Å². The SMILES string of the molecule is CC(=O)N1CCC(c2ccc(C(N)=O)c(-c3ccc(C(=O)Nc4ccccc4)cc3)n2)CC1. The number of nitrogens with zero attached hydrogens (tertiary/aromatic N) is 2. The molecule has 0 unspecified atom stereocenters. The average Bonchev–Trinajstić information content (AvgIpc) is 2.84. The average molecular weight is 443 g/mol. The van der Waals surface area contributed by atoms with Crippen molar-refractivity contribution in [2.75, 3.05) is 18.4 Å². The summed E-state index contributed by atoms with van der Waals surface area (Å²) in [5.74, 6) is -0.483. The highest BCUT2D eigenvalue weighted by molar-refractivity contribution is 6.04. The molecule has 0 atom stereocenters. The standard InChI is InChI=1S/C26H26N4O3/c1-17(31)30-15-13-18(14-16-30)23-12-11-22(25(27)32)24(29-23)19-7-9-20(10-8-19)26(33)28-21-5-3-2-4-6-21/h2-12,18H,13-16H2,1H3,(H2,27,32)(H,28,33). The van der Waals surface area contributed by atoms with E-state index in [1.54, 1.807) is 37.3 Å². The van der Waals surface area contributed by atoms with E-state index in [0.29, 0.717) is 41.2 Å². The number of amides is 3. The van der Waals surface area contributed by atoms with Crippen LogP contribution < -0.4 is 11.1 Å². The van der Waals surface area contributed by atoms with Crippen LogP contribution in [0, 0.1) is 0 Å². The molecule has 1 aliphatic rings. The number of primary amides is 1. The van der Waals surface area contributed by atoms with E-state index in [1.165, 1.54) is 0 Å². The molecule has 168 valence electrons. The second kappa shape index (κ2) is 9.65. The molecule has 0 bridgehead atoms. The van der Waals surface area contributed by atoms with E-state index in [1.807, 2.05) is 41.3 Å². The Bertz CT molecular complexity index is 1170. The third kappa shape index (κ3) is 5.09. The highest BCUT2D eigenvalue weighted by atomic mass is 16.2. The predicted molar refractivity (Wildman–Crippen MR) is 127 cm³/mol. The van der Waals surface area contributed by atoms with Gasteiger partial charge in [-0.15, -0.1) is 0 Å². The molecule has 2 aromatic carbocycles. The van der Waals surface area contributed by atoms with Crippen LogP contribution in [-0.2, 0) is 4.79 Å². The molecular formula is C26H26N4O3. The highest BCUT2D eigenvalue weighted by Gasteiger charge is 2.24. The summed E-state index contributed by atoms with van der Waals surface area (Å²) in [6.07, 6.45) is 1.64. The van der Waals surface area contributed by atoms with Crippen LogP contribution in [0.1, 0.15) is 52.1 Å².